The third-order valence-electron chi connectivity index (χ3n) is 6.71. The quantitative estimate of drug-likeness (QED) is 0.834. The lowest BCUT2D eigenvalue weighted by Gasteiger charge is -2.42. The summed E-state index contributed by atoms with van der Waals surface area (Å²) in [4.78, 5) is 14.4. The zero-order valence-electron chi connectivity index (χ0n) is 15.7. The minimum absolute atomic E-state index is 0.0168. The van der Waals surface area contributed by atoms with Crippen molar-refractivity contribution >= 4 is 5.91 Å². The fourth-order valence-corrected chi connectivity index (χ4v) is 5.43. The first-order valence-electron chi connectivity index (χ1n) is 9.53. The summed E-state index contributed by atoms with van der Waals surface area (Å²) in [5.74, 6) is -1.40. The van der Waals surface area contributed by atoms with Gasteiger partial charge in [-0.05, 0) is 56.0 Å². The second kappa shape index (κ2) is 6.62. The molecule has 0 radical (unpaired) electrons. The van der Waals surface area contributed by atoms with E-state index < -0.39 is 29.1 Å². The molecule has 0 aliphatic carbocycles. The third-order valence-corrected chi connectivity index (χ3v) is 6.71. The van der Waals surface area contributed by atoms with Gasteiger partial charge in [-0.25, -0.2) is 0 Å². The van der Waals surface area contributed by atoms with Gasteiger partial charge in [-0.3, -0.25) is 9.69 Å². The van der Waals surface area contributed by atoms with E-state index in [9.17, 15) is 18.0 Å². The molecule has 2 aliphatic heterocycles. The number of nitrogens with zero attached hydrogens (tertiary/aromatic N) is 1. The van der Waals surface area contributed by atoms with Crippen molar-refractivity contribution in [1.82, 2.24) is 4.90 Å². The van der Waals surface area contributed by atoms with E-state index >= 15 is 0 Å². The van der Waals surface area contributed by atoms with Crippen molar-refractivity contribution in [3.8, 4) is 0 Å². The Morgan fingerprint density at radius 2 is 1.75 bits per heavy atom. The Kier molecular flexibility index (Phi) is 4.49. The molecule has 2 heterocycles. The molecular weight excluding hydrogens is 365 g/mol. The first-order chi connectivity index (χ1) is 13.3. The van der Waals surface area contributed by atoms with Crippen molar-refractivity contribution in [3.05, 3.63) is 70.8 Å². The van der Waals surface area contributed by atoms with Crippen LogP contribution in [0.4, 0.5) is 13.2 Å². The Morgan fingerprint density at radius 1 is 1.11 bits per heavy atom. The van der Waals surface area contributed by atoms with Crippen molar-refractivity contribution in [2.75, 3.05) is 7.05 Å². The van der Waals surface area contributed by atoms with Crippen LogP contribution in [0.5, 0.6) is 0 Å². The van der Waals surface area contributed by atoms with Gasteiger partial charge in [0.2, 0.25) is 5.91 Å². The number of halogens is 3. The first kappa shape index (κ1) is 19.0. The molecular formula is C22H23F3N2O. The Bertz CT molecular complexity index is 886. The lowest BCUT2D eigenvalue weighted by Crippen LogP contribution is -2.45. The second-order valence-corrected chi connectivity index (χ2v) is 7.92. The van der Waals surface area contributed by atoms with E-state index in [4.69, 9.17) is 5.73 Å². The van der Waals surface area contributed by atoms with Gasteiger partial charge >= 0.3 is 6.18 Å². The Morgan fingerprint density at radius 3 is 2.25 bits per heavy atom. The minimum atomic E-state index is -4.57. The highest BCUT2D eigenvalue weighted by Gasteiger charge is 2.56. The molecule has 2 fully saturated rings. The fourth-order valence-electron chi connectivity index (χ4n) is 5.43. The molecule has 4 rings (SSSR count). The van der Waals surface area contributed by atoms with E-state index in [0.29, 0.717) is 6.04 Å². The van der Waals surface area contributed by atoms with Crippen LogP contribution in [0.2, 0.25) is 0 Å². The summed E-state index contributed by atoms with van der Waals surface area (Å²) in [6, 6.07) is 13.4. The maximum absolute atomic E-state index is 14.0. The smallest absolute Gasteiger partial charge is 0.366 e. The van der Waals surface area contributed by atoms with E-state index in [1.54, 1.807) is 0 Å². The van der Waals surface area contributed by atoms with Gasteiger partial charge < -0.3 is 5.73 Å². The number of hydrogen-bond acceptors (Lipinski definition) is 2. The number of amides is 1. The van der Waals surface area contributed by atoms with Gasteiger partial charge in [0, 0.05) is 23.1 Å². The molecule has 0 saturated carbocycles. The Labute approximate surface area is 162 Å². The lowest BCUT2D eigenvalue weighted by atomic mass is 9.68. The van der Waals surface area contributed by atoms with Gasteiger partial charge in [0.1, 0.15) is 0 Å². The monoisotopic (exact) mass is 388 g/mol. The van der Waals surface area contributed by atoms with Crippen LogP contribution in [-0.2, 0) is 6.18 Å². The van der Waals surface area contributed by atoms with Crippen LogP contribution in [0.3, 0.4) is 0 Å². The lowest BCUT2D eigenvalue weighted by molar-refractivity contribution is -0.138. The van der Waals surface area contributed by atoms with E-state index in [1.807, 2.05) is 37.4 Å². The zero-order chi connectivity index (χ0) is 20.1. The van der Waals surface area contributed by atoms with Crippen molar-refractivity contribution in [2.45, 2.75) is 49.4 Å². The minimum Gasteiger partial charge on any atom is -0.366 e. The maximum atomic E-state index is 14.0. The van der Waals surface area contributed by atoms with E-state index in [0.717, 1.165) is 37.3 Å². The highest BCUT2D eigenvalue weighted by molar-refractivity contribution is 5.95. The molecule has 2 bridgehead atoms. The summed E-state index contributed by atoms with van der Waals surface area (Å²) in [7, 11) is 2.00. The maximum Gasteiger partial charge on any atom is 0.416 e. The van der Waals surface area contributed by atoms with Gasteiger partial charge in [-0.1, -0.05) is 36.4 Å². The standard InChI is InChI=1S/C22H23F3N2O/c1-27-15-10-12-21(27,13-11-15)19(14-6-3-2-4-7-14)18-16(20(26)28)8-5-9-17(18)22(23,24)25/h2-9,15,19H,10-13H2,1H3,(H2,26,28). The van der Waals surface area contributed by atoms with Crippen LogP contribution >= 0.6 is 0 Å². The van der Waals surface area contributed by atoms with Crippen LogP contribution in [0.1, 0.15) is 58.6 Å². The number of carbonyl (C=O) groups excluding carboxylic acids is 1. The summed E-state index contributed by atoms with van der Waals surface area (Å²) in [5.41, 5.74) is 5.10. The first-order valence-corrected chi connectivity index (χ1v) is 9.53. The molecule has 28 heavy (non-hydrogen) atoms. The number of rotatable bonds is 4. The van der Waals surface area contributed by atoms with Crippen LogP contribution in [0.25, 0.3) is 0 Å². The molecule has 1 unspecified atom stereocenters. The molecule has 2 aliphatic rings. The molecule has 0 spiro atoms. The van der Waals surface area contributed by atoms with Crippen molar-refractivity contribution in [1.29, 1.82) is 0 Å². The molecule has 6 heteroatoms. The normalized spacial score (nSPS) is 25.8. The number of fused-ring (bicyclic) bond motifs is 2. The topological polar surface area (TPSA) is 46.3 Å². The van der Waals surface area contributed by atoms with Gasteiger partial charge in [0.15, 0.2) is 0 Å². The highest BCUT2D eigenvalue weighted by Crippen LogP contribution is 2.56. The summed E-state index contributed by atoms with van der Waals surface area (Å²) in [6.07, 6.45) is -1.05. The van der Waals surface area contributed by atoms with E-state index in [1.165, 1.54) is 12.1 Å². The van der Waals surface area contributed by atoms with Crippen molar-refractivity contribution in [2.24, 2.45) is 5.73 Å². The van der Waals surface area contributed by atoms with Gasteiger partial charge in [0.25, 0.3) is 0 Å². The fraction of sp³-hybridized carbons (Fsp3) is 0.409. The van der Waals surface area contributed by atoms with Crippen LogP contribution in [0.15, 0.2) is 48.5 Å². The largest absolute Gasteiger partial charge is 0.416 e. The number of likely N-dealkylation sites (N-methyl/N-ethyl adjacent to an activating group) is 1. The predicted octanol–water partition coefficient (Wildman–Crippen LogP) is 4.56. The number of nitrogens with two attached hydrogens (primary N) is 1. The SMILES string of the molecule is CN1C2CCC1(C(c1ccccc1)c1c(C(N)=O)cccc1C(F)(F)F)CC2. The Hall–Kier alpha value is -2.34. The second-order valence-electron chi connectivity index (χ2n) is 7.92. The number of carbonyl (C=O) groups is 1. The average Bonchev–Trinajstić information content (AvgIpc) is 3.14. The molecule has 2 aromatic carbocycles. The summed E-state index contributed by atoms with van der Waals surface area (Å²) >= 11 is 0. The molecule has 2 N–H and O–H groups in total. The summed E-state index contributed by atoms with van der Waals surface area (Å²) in [5, 5.41) is 0. The van der Waals surface area contributed by atoms with Crippen molar-refractivity contribution in [3.63, 3.8) is 0 Å². The third kappa shape index (κ3) is 2.82. The molecule has 1 amide bonds. The predicted molar refractivity (Wildman–Crippen MR) is 101 cm³/mol. The van der Waals surface area contributed by atoms with Crippen LogP contribution in [0, 0.1) is 0 Å². The number of primary amides is 1. The molecule has 1 atom stereocenters. The van der Waals surface area contributed by atoms with Gasteiger partial charge in [-0.2, -0.15) is 13.2 Å². The molecule has 0 aromatic heterocycles. The van der Waals surface area contributed by atoms with Crippen LogP contribution < -0.4 is 5.73 Å². The zero-order valence-corrected chi connectivity index (χ0v) is 15.7. The number of benzene rings is 2. The molecule has 2 aromatic rings. The summed E-state index contributed by atoms with van der Waals surface area (Å²) in [6.45, 7) is 0. The van der Waals surface area contributed by atoms with Crippen LogP contribution in [-0.4, -0.2) is 29.4 Å². The van der Waals surface area contributed by atoms with Gasteiger partial charge in [-0.15, -0.1) is 0 Å². The number of hydrogen-bond donors (Lipinski definition) is 1. The molecule has 2 saturated heterocycles. The van der Waals surface area contributed by atoms with Gasteiger partial charge in [0.05, 0.1) is 5.56 Å². The highest BCUT2D eigenvalue weighted by atomic mass is 19.4. The van der Waals surface area contributed by atoms with E-state index in [-0.39, 0.29) is 11.1 Å². The van der Waals surface area contributed by atoms with E-state index in [2.05, 4.69) is 4.90 Å². The Balaban J connectivity index is 2.03. The number of alkyl halides is 3. The molecule has 148 valence electrons. The summed E-state index contributed by atoms with van der Waals surface area (Å²) < 4.78 is 42.1. The molecule has 3 nitrogen and oxygen atoms in total. The average molecular weight is 388 g/mol. The van der Waals surface area contributed by atoms with Crippen molar-refractivity contribution < 1.29 is 18.0 Å².